The van der Waals surface area contributed by atoms with Crippen LogP contribution in [0.5, 0.6) is 0 Å². The van der Waals surface area contributed by atoms with E-state index in [4.69, 9.17) is 5.11 Å². The van der Waals surface area contributed by atoms with E-state index < -0.39 is 12.0 Å². The number of carbonyl (C=O) groups is 2. The van der Waals surface area contributed by atoms with Crippen LogP contribution in [0.4, 0.5) is 0 Å². The Balaban J connectivity index is 2.60. The molecule has 0 saturated carbocycles. The van der Waals surface area contributed by atoms with E-state index in [2.05, 4.69) is 0 Å². The molecule has 0 aliphatic carbocycles. The van der Waals surface area contributed by atoms with Crippen molar-refractivity contribution in [1.82, 2.24) is 9.80 Å². The lowest BCUT2D eigenvalue weighted by Gasteiger charge is -2.27. The molecule has 1 heterocycles. The predicted molar refractivity (Wildman–Crippen MR) is 69.3 cm³/mol. The lowest BCUT2D eigenvalue weighted by atomic mass is 10.2. The van der Waals surface area contributed by atoms with Gasteiger partial charge in [-0.25, -0.2) is 0 Å². The number of nitrogens with zero attached hydrogens (tertiary/aromatic N) is 2. The van der Waals surface area contributed by atoms with E-state index in [9.17, 15) is 9.59 Å². The topological polar surface area (TPSA) is 60.9 Å². The molecule has 1 rings (SSSR count). The molecular formula is C13H24N2O3. The Hall–Kier alpha value is -1.10. The number of aliphatic carboxylic acids is 1. The zero-order valence-corrected chi connectivity index (χ0v) is 11.6. The summed E-state index contributed by atoms with van der Waals surface area (Å²) in [6, 6.07) is -0.417. The second kappa shape index (κ2) is 6.73. The van der Waals surface area contributed by atoms with Gasteiger partial charge in [0.15, 0.2) is 0 Å². The highest BCUT2D eigenvalue weighted by Crippen LogP contribution is 2.12. The van der Waals surface area contributed by atoms with Crippen molar-refractivity contribution in [2.75, 3.05) is 26.2 Å². The number of rotatable bonds is 4. The first kappa shape index (κ1) is 15.0. The molecular weight excluding hydrogens is 232 g/mol. The number of amides is 1. The van der Waals surface area contributed by atoms with E-state index in [-0.39, 0.29) is 11.8 Å². The molecule has 1 N–H and O–H groups in total. The molecule has 1 unspecified atom stereocenters. The Labute approximate surface area is 109 Å². The first-order valence-corrected chi connectivity index (χ1v) is 6.73. The van der Waals surface area contributed by atoms with Crippen molar-refractivity contribution in [2.24, 2.45) is 5.92 Å². The summed E-state index contributed by atoms with van der Waals surface area (Å²) in [6.07, 6.45) is 1.45. The van der Waals surface area contributed by atoms with Crippen LogP contribution in [0, 0.1) is 5.92 Å². The molecule has 104 valence electrons. The fraction of sp³-hybridized carbons (Fsp3) is 0.846. The van der Waals surface area contributed by atoms with E-state index in [0.29, 0.717) is 19.5 Å². The number of carboxylic acid groups (broad SMARTS) is 1. The van der Waals surface area contributed by atoms with Crippen LogP contribution in [-0.2, 0) is 9.59 Å². The van der Waals surface area contributed by atoms with Gasteiger partial charge in [-0.1, -0.05) is 20.8 Å². The van der Waals surface area contributed by atoms with Crippen molar-refractivity contribution in [3.05, 3.63) is 0 Å². The van der Waals surface area contributed by atoms with Gasteiger partial charge in [-0.3, -0.25) is 14.5 Å². The van der Waals surface area contributed by atoms with Gasteiger partial charge in [0.05, 0.1) is 0 Å². The molecule has 18 heavy (non-hydrogen) atoms. The molecule has 1 aliphatic rings. The first-order chi connectivity index (χ1) is 8.47. The van der Waals surface area contributed by atoms with Crippen molar-refractivity contribution in [2.45, 2.75) is 39.7 Å². The molecule has 5 heteroatoms. The SMILES string of the molecule is CCC(C(=O)O)N1CCCN(C(=O)C(C)C)CC1. The van der Waals surface area contributed by atoms with Gasteiger partial charge >= 0.3 is 5.97 Å². The van der Waals surface area contributed by atoms with Crippen LogP contribution >= 0.6 is 0 Å². The van der Waals surface area contributed by atoms with Crippen molar-refractivity contribution >= 4 is 11.9 Å². The highest BCUT2D eigenvalue weighted by atomic mass is 16.4. The number of hydrogen-bond acceptors (Lipinski definition) is 3. The summed E-state index contributed by atoms with van der Waals surface area (Å²) in [5.41, 5.74) is 0. The molecule has 1 saturated heterocycles. The van der Waals surface area contributed by atoms with Crippen LogP contribution in [-0.4, -0.2) is 59.0 Å². The van der Waals surface area contributed by atoms with Gasteiger partial charge in [-0.2, -0.15) is 0 Å². The summed E-state index contributed by atoms with van der Waals surface area (Å²) in [6.45, 7) is 8.48. The maximum Gasteiger partial charge on any atom is 0.320 e. The van der Waals surface area contributed by atoms with Gasteiger partial charge in [-0.15, -0.1) is 0 Å². The average molecular weight is 256 g/mol. The molecule has 0 aromatic rings. The predicted octanol–water partition coefficient (Wildman–Crippen LogP) is 1.04. The summed E-state index contributed by atoms with van der Waals surface area (Å²) >= 11 is 0. The first-order valence-electron chi connectivity index (χ1n) is 6.73. The van der Waals surface area contributed by atoms with Crippen molar-refractivity contribution < 1.29 is 14.7 Å². The smallest absolute Gasteiger partial charge is 0.320 e. The second-order valence-electron chi connectivity index (χ2n) is 5.13. The Bertz CT molecular complexity index is 305. The van der Waals surface area contributed by atoms with E-state index in [1.54, 1.807) is 0 Å². The fourth-order valence-electron chi connectivity index (χ4n) is 2.42. The van der Waals surface area contributed by atoms with Gasteiger partial charge in [0.1, 0.15) is 6.04 Å². The standard InChI is InChI=1S/C13H24N2O3/c1-4-11(13(17)18)14-6-5-7-15(9-8-14)12(16)10(2)3/h10-11H,4-9H2,1-3H3,(H,17,18). The highest BCUT2D eigenvalue weighted by Gasteiger charge is 2.27. The zero-order chi connectivity index (χ0) is 13.7. The third-order valence-corrected chi connectivity index (χ3v) is 3.45. The molecule has 1 amide bonds. The van der Waals surface area contributed by atoms with Crippen molar-refractivity contribution in [3.8, 4) is 0 Å². The number of carbonyl (C=O) groups excluding carboxylic acids is 1. The average Bonchev–Trinajstić information content (AvgIpc) is 2.54. The van der Waals surface area contributed by atoms with Crippen LogP contribution in [0.25, 0.3) is 0 Å². The minimum Gasteiger partial charge on any atom is -0.480 e. The summed E-state index contributed by atoms with van der Waals surface area (Å²) < 4.78 is 0. The Morgan fingerprint density at radius 3 is 2.33 bits per heavy atom. The van der Waals surface area contributed by atoms with Crippen LogP contribution in [0.3, 0.4) is 0 Å². The highest BCUT2D eigenvalue weighted by molar-refractivity contribution is 5.78. The van der Waals surface area contributed by atoms with E-state index in [1.807, 2.05) is 30.6 Å². The molecule has 0 aromatic carbocycles. The molecule has 5 nitrogen and oxygen atoms in total. The monoisotopic (exact) mass is 256 g/mol. The van der Waals surface area contributed by atoms with E-state index in [1.165, 1.54) is 0 Å². The summed E-state index contributed by atoms with van der Waals surface area (Å²) in [5.74, 6) is -0.584. The third kappa shape index (κ3) is 3.70. The van der Waals surface area contributed by atoms with Crippen LogP contribution in [0.15, 0.2) is 0 Å². The minimum absolute atomic E-state index is 0.0120. The van der Waals surface area contributed by atoms with Crippen LogP contribution < -0.4 is 0 Å². The van der Waals surface area contributed by atoms with E-state index >= 15 is 0 Å². The lowest BCUT2D eigenvalue weighted by Crippen LogP contribution is -2.43. The second-order valence-corrected chi connectivity index (χ2v) is 5.13. The van der Waals surface area contributed by atoms with Gasteiger partial charge < -0.3 is 10.0 Å². The molecule has 0 bridgehead atoms. The molecule has 0 radical (unpaired) electrons. The largest absolute Gasteiger partial charge is 0.480 e. The van der Waals surface area contributed by atoms with Crippen LogP contribution in [0.2, 0.25) is 0 Å². The molecule has 0 spiro atoms. The summed E-state index contributed by atoms with van der Waals surface area (Å²) in [5, 5.41) is 9.16. The number of carboxylic acids is 1. The van der Waals surface area contributed by atoms with Gasteiger partial charge in [-0.05, 0) is 12.8 Å². The van der Waals surface area contributed by atoms with Crippen LogP contribution in [0.1, 0.15) is 33.6 Å². The Morgan fingerprint density at radius 1 is 1.17 bits per heavy atom. The molecule has 0 aromatic heterocycles. The molecule has 1 fully saturated rings. The maximum absolute atomic E-state index is 11.9. The quantitative estimate of drug-likeness (QED) is 0.816. The van der Waals surface area contributed by atoms with Gasteiger partial charge in [0.25, 0.3) is 0 Å². The number of hydrogen-bond donors (Lipinski definition) is 1. The maximum atomic E-state index is 11.9. The summed E-state index contributed by atoms with van der Waals surface area (Å²) in [7, 11) is 0. The van der Waals surface area contributed by atoms with Gasteiger partial charge in [0.2, 0.25) is 5.91 Å². The Morgan fingerprint density at radius 2 is 1.83 bits per heavy atom. The minimum atomic E-state index is -0.763. The van der Waals surface area contributed by atoms with Gasteiger partial charge in [0, 0.05) is 32.1 Å². The normalized spacial score (nSPS) is 19.7. The Kier molecular flexibility index (Phi) is 5.59. The fourth-order valence-corrected chi connectivity index (χ4v) is 2.42. The van der Waals surface area contributed by atoms with E-state index in [0.717, 1.165) is 19.5 Å². The lowest BCUT2D eigenvalue weighted by molar-refractivity contribution is -0.143. The summed E-state index contributed by atoms with van der Waals surface area (Å²) in [4.78, 5) is 26.9. The molecule has 1 atom stereocenters. The zero-order valence-electron chi connectivity index (χ0n) is 11.6. The molecule has 1 aliphatic heterocycles. The van der Waals surface area contributed by atoms with Crippen molar-refractivity contribution in [1.29, 1.82) is 0 Å². The van der Waals surface area contributed by atoms with Crippen molar-refractivity contribution in [3.63, 3.8) is 0 Å². The third-order valence-electron chi connectivity index (χ3n) is 3.45.